The Hall–Kier alpha value is -2.83. The van der Waals surface area contributed by atoms with Crippen molar-refractivity contribution in [2.75, 3.05) is 6.61 Å². The zero-order valence-electron chi connectivity index (χ0n) is 19.9. The number of aryl methyl sites for hydroxylation is 1. The molecule has 1 aromatic heterocycles. The standard InChI is InChI=1S/C25H34N2O5/c1-15(2)23(28)27-14-18-11-19(8-7-17(18)12-21(27)24(29)30)31-10-9-20-16(3)32-22(26-20)13-25(4,5)6/h7-8,11,15,21H,9-10,12-14H2,1-6H3,(H,29,30)/t21-/m0/s1. The van der Waals surface area contributed by atoms with Crippen LogP contribution in [-0.2, 0) is 35.4 Å². The van der Waals surface area contributed by atoms with Gasteiger partial charge in [0.25, 0.3) is 0 Å². The van der Waals surface area contributed by atoms with Crippen molar-refractivity contribution in [3.05, 3.63) is 46.7 Å². The first-order valence-electron chi connectivity index (χ1n) is 11.2. The second-order valence-corrected chi connectivity index (χ2v) is 10.1. The normalized spacial score (nSPS) is 16.2. The van der Waals surface area contributed by atoms with Crippen molar-refractivity contribution < 1.29 is 23.8 Å². The first kappa shape index (κ1) is 23.8. The molecule has 1 amide bonds. The molecule has 1 aliphatic heterocycles. The summed E-state index contributed by atoms with van der Waals surface area (Å²) in [4.78, 5) is 30.4. The van der Waals surface area contributed by atoms with E-state index in [0.717, 1.165) is 34.9 Å². The fourth-order valence-electron chi connectivity index (χ4n) is 3.95. The maximum absolute atomic E-state index is 12.6. The number of carboxylic acids is 1. The molecule has 174 valence electrons. The number of rotatable bonds is 7. The van der Waals surface area contributed by atoms with Gasteiger partial charge < -0.3 is 19.2 Å². The molecule has 2 aromatic rings. The lowest BCUT2D eigenvalue weighted by molar-refractivity contribution is -0.152. The summed E-state index contributed by atoms with van der Waals surface area (Å²) < 4.78 is 11.8. The number of carbonyl (C=O) groups is 2. The van der Waals surface area contributed by atoms with E-state index < -0.39 is 12.0 Å². The third-order valence-electron chi connectivity index (χ3n) is 5.60. The Bertz CT molecular complexity index is 987. The summed E-state index contributed by atoms with van der Waals surface area (Å²) in [5.74, 6) is 0.889. The molecule has 0 saturated carbocycles. The van der Waals surface area contributed by atoms with Gasteiger partial charge in [-0.2, -0.15) is 0 Å². The van der Waals surface area contributed by atoms with E-state index in [1.165, 1.54) is 4.90 Å². The molecule has 0 bridgehead atoms. The van der Waals surface area contributed by atoms with Crippen LogP contribution in [0.25, 0.3) is 0 Å². The van der Waals surface area contributed by atoms with Crippen LogP contribution in [0.5, 0.6) is 5.75 Å². The molecule has 0 fully saturated rings. The van der Waals surface area contributed by atoms with Gasteiger partial charge in [-0.25, -0.2) is 9.78 Å². The molecule has 3 rings (SSSR count). The highest BCUT2D eigenvalue weighted by Crippen LogP contribution is 2.29. The topological polar surface area (TPSA) is 92.9 Å². The number of aromatic nitrogens is 1. The van der Waals surface area contributed by atoms with Crippen LogP contribution in [-0.4, -0.2) is 39.5 Å². The molecule has 1 aliphatic rings. The number of carboxylic acid groups (broad SMARTS) is 1. The highest BCUT2D eigenvalue weighted by molar-refractivity contribution is 5.85. The van der Waals surface area contributed by atoms with Gasteiger partial charge in [0.15, 0.2) is 5.89 Å². The van der Waals surface area contributed by atoms with Crippen molar-refractivity contribution in [1.29, 1.82) is 0 Å². The number of ether oxygens (including phenoxy) is 1. The molecule has 0 spiro atoms. The van der Waals surface area contributed by atoms with Crippen LogP contribution < -0.4 is 4.74 Å². The van der Waals surface area contributed by atoms with Crippen LogP contribution in [0.3, 0.4) is 0 Å². The number of hydrogen-bond donors (Lipinski definition) is 1. The fourth-order valence-corrected chi connectivity index (χ4v) is 3.95. The SMILES string of the molecule is Cc1oc(CC(C)(C)C)nc1CCOc1ccc2c(c1)CN(C(=O)C(C)C)[C@H](C(=O)O)C2. The molecule has 0 aliphatic carbocycles. The minimum Gasteiger partial charge on any atom is -0.493 e. The maximum Gasteiger partial charge on any atom is 0.326 e. The van der Waals surface area contributed by atoms with Gasteiger partial charge in [0.2, 0.25) is 5.91 Å². The lowest BCUT2D eigenvalue weighted by Crippen LogP contribution is -2.50. The van der Waals surface area contributed by atoms with E-state index in [4.69, 9.17) is 9.15 Å². The molecular weight excluding hydrogens is 408 g/mol. The second kappa shape index (κ2) is 9.35. The Balaban J connectivity index is 1.66. The number of nitrogens with zero attached hydrogens (tertiary/aromatic N) is 2. The molecule has 0 saturated heterocycles. The van der Waals surface area contributed by atoms with Gasteiger partial charge in [0.1, 0.15) is 17.6 Å². The van der Waals surface area contributed by atoms with Crippen molar-refractivity contribution in [2.45, 2.75) is 73.4 Å². The predicted molar refractivity (Wildman–Crippen MR) is 121 cm³/mol. The molecule has 7 heteroatoms. The Morgan fingerprint density at radius 2 is 2.00 bits per heavy atom. The summed E-state index contributed by atoms with van der Waals surface area (Å²) in [6.45, 7) is 12.7. The molecule has 0 unspecified atom stereocenters. The zero-order chi connectivity index (χ0) is 23.6. The van der Waals surface area contributed by atoms with Crippen LogP contribution in [0.15, 0.2) is 22.6 Å². The zero-order valence-corrected chi connectivity index (χ0v) is 19.9. The highest BCUT2D eigenvalue weighted by Gasteiger charge is 2.35. The van der Waals surface area contributed by atoms with Gasteiger partial charge in [-0.1, -0.05) is 40.7 Å². The largest absolute Gasteiger partial charge is 0.493 e. The molecule has 1 aromatic carbocycles. The van der Waals surface area contributed by atoms with E-state index in [-0.39, 0.29) is 23.8 Å². The predicted octanol–water partition coefficient (Wildman–Crippen LogP) is 4.19. The van der Waals surface area contributed by atoms with Crippen LogP contribution in [0.1, 0.15) is 63.1 Å². The van der Waals surface area contributed by atoms with Crippen molar-refractivity contribution in [3.63, 3.8) is 0 Å². The highest BCUT2D eigenvalue weighted by atomic mass is 16.5. The maximum atomic E-state index is 12.6. The first-order chi connectivity index (χ1) is 14.9. The quantitative estimate of drug-likeness (QED) is 0.691. The molecular formula is C25H34N2O5. The van der Waals surface area contributed by atoms with Gasteiger partial charge in [-0.15, -0.1) is 0 Å². The van der Waals surface area contributed by atoms with Gasteiger partial charge in [0, 0.05) is 31.7 Å². The molecule has 0 radical (unpaired) electrons. The van der Waals surface area contributed by atoms with E-state index in [2.05, 4.69) is 25.8 Å². The van der Waals surface area contributed by atoms with E-state index in [1.807, 2.05) is 25.1 Å². The number of fused-ring (bicyclic) bond motifs is 1. The summed E-state index contributed by atoms with van der Waals surface area (Å²) in [6.07, 6.45) is 1.72. The van der Waals surface area contributed by atoms with Gasteiger partial charge >= 0.3 is 5.97 Å². The molecule has 7 nitrogen and oxygen atoms in total. The smallest absolute Gasteiger partial charge is 0.326 e. The van der Waals surface area contributed by atoms with Crippen molar-refractivity contribution >= 4 is 11.9 Å². The molecule has 1 atom stereocenters. The fraction of sp³-hybridized carbons (Fsp3) is 0.560. The summed E-state index contributed by atoms with van der Waals surface area (Å²) in [5.41, 5.74) is 2.88. The van der Waals surface area contributed by atoms with E-state index in [1.54, 1.807) is 13.8 Å². The lowest BCUT2D eigenvalue weighted by Gasteiger charge is -2.35. The minimum atomic E-state index is -0.973. The van der Waals surface area contributed by atoms with Crippen LogP contribution in [0, 0.1) is 18.3 Å². The van der Waals surface area contributed by atoms with Crippen LogP contribution in [0.2, 0.25) is 0 Å². The van der Waals surface area contributed by atoms with Crippen molar-refractivity contribution in [1.82, 2.24) is 9.88 Å². The lowest BCUT2D eigenvalue weighted by atomic mass is 9.92. The number of hydrogen-bond acceptors (Lipinski definition) is 5. The monoisotopic (exact) mass is 442 g/mol. The average molecular weight is 443 g/mol. The second-order valence-electron chi connectivity index (χ2n) is 10.1. The first-order valence-corrected chi connectivity index (χ1v) is 11.2. The summed E-state index contributed by atoms with van der Waals surface area (Å²) in [6, 6.07) is 4.84. The number of aliphatic carboxylic acids is 1. The van der Waals surface area contributed by atoms with Crippen LogP contribution in [0.4, 0.5) is 0 Å². The Morgan fingerprint density at radius 1 is 1.28 bits per heavy atom. The Kier molecular flexibility index (Phi) is 6.96. The number of oxazole rings is 1. The Labute approximate surface area is 189 Å². The van der Waals surface area contributed by atoms with E-state index in [9.17, 15) is 14.7 Å². The van der Waals surface area contributed by atoms with Crippen molar-refractivity contribution in [3.8, 4) is 5.75 Å². The van der Waals surface area contributed by atoms with Gasteiger partial charge in [0.05, 0.1) is 12.3 Å². The number of carbonyl (C=O) groups excluding carboxylic acids is 1. The molecule has 32 heavy (non-hydrogen) atoms. The third-order valence-corrected chi connectivity index (χ3v) is 5.60. The summed E-state index contributed by atoms with van der Waals surface area (Å²) in [5, 5.41) is 9.60. The number of benzene rings is 1. The van der Waals surface area contributed by atoms with E-state index in [0.29, 0.717) is 25.2 Å². The third kappa shape index (κ3) is 5.69. The van der Waals surface area contributed by atoms with Crippen molar-refractivity contribution in [2.24, 2.45) is 11.3 Å². The Morgan fingerprint density at radius 3 is 2.62 bits per heavy atom. The average Bonchev–Trinajstić information content (AvgIpc) is 3.03. The summed E-state index contributed by atoms with van der Waals surface area (Å²) in [7, 11) is 0. The van der Waals surface area contributed by atoms with Gasteiger partial charge in [-0.3, -0.25) is 4.79 Å². The van der Waals surface area contributed by atoms with Crippen LogP contribution >= 0.6 is 0 Å². The number of amides is 1. The minimum absolute atomic E-state index is 0.110. The molecule has 1 N–H and O–H groups in total. The van der Waals surface area contributed by atoms with Gasteiger partial charge in [-0.05, 0) is 35.6 Å². The van der Waals surface area contributed by atoms with E-state index >= 15 is 0 Å². The molecule has 2 heterocycles. The summed E-state index contributed by atoms with van der Waals surface area (Å²) >= 11 is 0.